The van der Waals surface area contributed by atoms with Gasteiger partial charge in [0, 0.05) is 12.3 Å². The lowest BCUT2D eigenvalue weighted by atomic mass is 10.3. The molecule has 3 N–H and O–H groups in total. The Hall–Kier alpha value is -3.52. The van der Waals surface area contributed by atoms with E-state index >= 15 is 0 Å². The largest absolute Gasteiger partial charge is 0.474 e. The summed E-state index contributed by atoms with van der Waals surface area (Å²) in [7, 11) is 0. The van der Waals surface area contributed by atoms with E-state index < -0.39 is 0 Å². The van der Waals surface area contributed by atoms with Gasteiger partial charge in [-0.1, -0.05) is 29.8 Å². The van der Waals surface area contributed by atoms with Gasteiger partial charge in [0.05, 0.1) is 17.4 Å². The van der Waals surface area contributed by atoms with Crippen LogP contribution in [-0.2, 0) is 9.78 Å². The minimum Gasteiger partial charge on any atom is -0.474 e. The molecule has 0 aliphatic rings. The van der Waals surface area contributed by atoms with E-state index in [0.717, 1.165) is 11.4 Å². The summed E-state index contributed by atoms with van der Waals surface area (Å²) in [6.07, 6.45) is 6.42. The molecular weight excluding hydrogens is 414 g/mol. The summed E-state index contributed by atoms with van der Waals surface area (Å²) < 4.78 is 7.51. The molecule has 1 atom stereocenters. The van der Waals surface area contributed by atoms with Gasteiger partial charge >= 0.3 is 0 Å². The average molecular weight is 434 g/mol. The molecule has 0 spiro atoms. The number of para-hydroxylation sites is 1. The van der Waals surface area contributed by atoms with Crippen molar-refractivity contribution in [2.45, 2.75) is 19.9 Å². The van der Waals surface area contributed by atoms with Crippen molar-refractivity contribution in [1.29, 1.82) is 0 Å². The highest BCUT2D eigenvalue weighted by Gasteiger charge is 2.10. The van der Waals surface area contributed by atoms with E-state index in [-0.39, 0.29) is 6.04 Å². The fraction of sp³-hybridized carbons (Fsp3) is 0.211. The smallest absolute Gasteiger partial charge is 0.233 e. The van der Waals surface area contributed by atoms with Crippen molar-refractivity contribution in [3.8, 4) is 23.8 Å². The number of rotatable bonds is 6. The first-order valence-corrected chi connectivity index (χ1v) is 9.01. The number of nitrogens with one attached hydrogen (secondary N) is 1. The van der Waals surface area contributed by atoms with Crippen LogP contribution in [0.25, 0.3) is 5.69 Å². The second-order valence-corrected chi connectivity index (χ2v) is 6.18. The van der Waals surface area contributed by atoms with E-state index in [1.165, 1.54) is 18.5 Å². The number of ether oxygens (including phenoxy) is 1. The van der Waals surface area contributed by atoms with Gasteiger partial charge in [-0.05, 0) is 26.0 Å². The Morgan fingerprint density at radius 3 is 2.50 bits per heavy atom. The first-order valence-electron chi connectivity index (χ1n) is 8.63. The predicted octanol–water partition coefficient (Wildman–Crippen LogP) is 3.39. The van der Waals surface area contributed by atoms with Gasteiger partial charge in [0.1, 0.15) is 23.8 Å². The fourth-order valence-corrected chi connectivity index (χ4v) is 2.34. The maximum Gasteiger partial charge on any atom is 0.233 e. The molecule has 1 aromatic carbocycles. The standard InChI is InChI=1S/C17H18ClN5O.C2H2O4/c1-12(21-17-16(18)13(2)19-11-20-17)10-24-15-8-9-23(22-15)14-6-4-3-5-7-14;3-5-1-2-6-4/h3-9,11-12H,10H2,1-2H3,(H,19,20,21);3-4H. The molecule has 0 fully saturated rings. The number of benzene rings is 1. The molecule has 158 valence electrons. The number of nitrogens with zero attached hydrogens (tertiary/aromatic N) is 4. The second kappa shape index (κ2) is 12.1. The SMILES string of the molecule is Cc1ncnc(NC(C)COc2ccn(-c3ccccc3)n2)c1Cl.OOC#COO. The van der Waals surface area contributed by atoms with Crippen molar-refractivity contribution in [2.24, 2.45) is 0 Å². The van der Waals surface area contributed by atoms with Gasteiger partial charge in [-0.15, -0.1) is 5.10 Å². The average Bonchev–Trinajstić information content (AvgIpc) is 3.24. The summed E-state index contributed by atoms with van der Waals surface area (Å²) in [6.45, 7) is 4.26. The zero-order chi connectivity index (χ0) is 21.8. The second-order valence-electron chi connectivity index (χ2n) is 5.80. The molecule has 3 rings (SSSR count). The van der Waals surface area contributed by atoms with Gasteiger partial charge in [0.25, 0.3) is 0 Å². The lowest BCUT2D eigenvalue weighted by Crippen LogP contribution is -2.24. The quantitative estimate of drug-likeness (QED) is 0.305. The number of aromatic nitrogens is 4. The summed E-state index contributed by atoms with van der Waals surface area (Å²) in [5.41, 5.74) is 1.73. The molecule has 30 heavy (non-hydrogen) atoms. The van der Waals surface area contributed by atoms with Crippen LogP contribution < -0.4 is 10.1 Å². The van der Waals surface area contributed by atoms with Crippen LogP contribution in [0.2, 0.25) is 5.02 Å². The van der Waals surface area contributed by atoms with Crippen LogP contribution in [0.1, 0.15) is 12.6 Å². The van der Waals surface area contributed by atoms with Gasteiger partial charge in [-0.2, -0.15) is 10.5 Å². The summed E-state index contributed by atoms with van der Waals surface area (Å²) in [5.74, 6) is 1.17. The molecule has 2 heterocycles. The Balaban J connectivity index is 0.000000469. The summed E-state index contributed by atoms with van der Waals surface area (Å²) in [5, 5.41) is 22.8. The lowest BCUT2D eigenvalue weighted by Gasteiger charge is -2.15. The maximum atomic E-state index is 7.33. The fourth-order valence-electron chi connectivity index (χ4n) is 2.19. The maximum absolute atomic E-state index is 7.33. The van der Waals surface area contributed by atoms with E-state index in [2.05, 4.69) is 30.2 Å². The van der Waals surface area contributed by atoms with Crippen molar-refractivity contribution < 1.29 is 25.0 Å². The monoisotopic (exact) mass is 433 g/mol. The van der Waals surface area contributed by atoms with E-state index in [4.69, 9.17) is 26.9 Å². The van der Waals surface area contributed by atoms with Crippen LogP contribution in [0.5, 0.6) is 5.88 Å². The van der Waals surface area contributed by atoms with Gasteiger partial charge in [-0.25, -0.2) is 14.6 Å². The molecule has 3 aromatic rings. The summed E-state index contributed by atoms with van der Waals surface area (Å²) >= 11 is 6.18. The Morgan fingerprint density at radius 2 is 1.83 bits per heavy atom. The third-order valence-corrected chi connectivity index (χ3v) is 4.00. The number of halogens is 1. The minimum atomic E-state index is 0.0127. The molecule has 10 nitrogen and oxygen atoms in total. The van der Waals surface area contributed by atoms with Crippen LogP contribution in [0, 0.1) is 19.1 Å². The summed E-state index contributed by atoms with van der Waals surface area (Å²) in [6, 6.07) is 11.7. The van der Waals surface area contributed by atoms with Gasteiger partial charge in [0.2, 0.25) is 18.1 Å². The predicted molar refractivity (Wildman–Crippen MR) is 109 cm³/mol. The highest BCUT2D eigenvalue weighted by molar-refractivity contribution is 6.33. The van der Waals surface area contributed by atoms with Gasteiger partial charge in [0.15, 0.2) is 0 Å². The van der Waals surface area contributed by atoms with Crippen LogP contribution in [0.15, 0.2) is 48.9 Å². The van der Waals surface area contributed by atoms with Crippen molar-refractivity contribution in [3.63, 3.8) is 0 Å². The third kappa shape index (κ3) is 7.14. The Morgan fingerprint density at radius 1 is 1.13 bits per heavy atom. The lowest BCUT2D eigenvalue weighted by molar-refractivity contribution is -0.188. The first kappa shape index (κ1) is 22.8. The highest BCUT2D eigenvalue weighted by atomic mass is 35.5. The molecular formula is C19H20ClN5O5. The van der Waals surface area contributed by atoms with E-state index in [0.29, 0.717) is 23.3 Å². The number of aryl methyl sites for hydroxylation is 1. The summed E-state index contributed by atoms with van der Waals surface area (Å²) in [4.78, 5) is 14.5. The van der Waals surface area contributed by atoms with Crippen LogP contribution in [0.3, 0.4) is 0 Å². The normalized spacial score (nSPS) is 10.6. The molecule has 0 bridgehead atoms. The molecule has 2 aromatic heterocycles. The van der Waals surface area contributed by atoms with E-state index in [1.807, 2.05) is 56.4 Å². The number of anilines is 1. The van der Waals surface area contributed by atoms with Gasteiger partial charge < -0.3 is 10.1 Å². The Labute approximate surface area is 177 Å². The molecule has 0 saturated carbocycles. The molecule has 0 aliphatic carbocycles. The van der Waals surface area contributed by atoms with Crippen LogP contribution in [-0.4, -0.2) is 42.9 Å². The van der Waals surface area contributed by atoms with Crippen molar-refractivity contribution in [1.82, 2.24) is 19.7 Å². The number of hydrogen-bond acceptors (Lipinski definition) is 9. The van der Waals surface area contributed by atoms with E-state index in [9.17, 15) is 0 Å². The Kier molecular flexibility index (Phi) is 9.20. The molecule has 11 heteroatoms. The highest BCUT2D eigenvalue weighted by Crippen LogP contribution is 2.21. The minimum absolute atomic E-state index is 0.0127. The van der Waals surface area contributed by atoms with E-state index in [1.54, 1.807) is 4.68 Å². The zero-order valence-electron chi connectivity index (χ0n) is 16.2. The molecule has 0 radical (unpaired) electrons. The molecule has 0 amide bonds. The van der Waals surface area contributed by atoms with Crippen molar-refractivity contribution in [2.75, 3.05) is 11.9 Å². The van der Waals surface area contributed by atoms with Crippen LogP contribution >= 0.6 is 11.6 Å². The molecule has 0 saturated heterocycles. The van der Waals surface area contributed by atoms with Crippen molar-refractivity contribution >= 4 is 17.4 Å². The molecule has 0 aliphatic heterocycles. The third-order valence-electron chi connectivity index (χ3n) is 3.55. The molecule has 1 unspecified atom stereocenters. The van der Waals surface area contributed by atoms with Gasteiger partial charge in [-0.3, -0.25) is 9.78 Å². The topological polar surface area (TPSA) is 124 Å². The number of hydrogen-bond donors (Lipinski definition) is 3. The van der Waals surface area contributed by atoms with Crippen LogP contribution in [0.4, 0.5) is 5.82 Å². The van der Waals surface area contributed by atoms with Crippen molar-refractivity contribution in [3.05, 3.63) is 59.6 Å². The zero-order valence-corrected chi connectivity index (χ0v) is 16.9. The first-order chi connectivity index (χ1) is 14.5. The Bertz CT molecular complexity index is 966.